The Bertz CT molecular complexity index is 1270. The van der Waals surface area contributed by atoms with Gasteiger partial charge < -0.3 is 20.5 Å². The molecule has 4 aromatic rings. The molecular formula is C27H24N2O4. The summed E-state index contributed by atoms with van der Waals surface area (Å²) in [4.78, 5) is 24.8. The Labute approximate surface area is 191 Å². The highest BCUT2D eigenvalue weighted by Crippen LogP contribution is 2.25. The van der Waals surface area contributed by atoms with Crippen molar-refractivity contribution in [2.24, 2.45) is 0 Å². The molecule has 0 aromatic heterocycles. The molecule has 0 aliphatic heterocycles. The van der Waals surface area contributed by atoms with E-state index in [2.05, 4.69) is 10.6 Å². The second kappa shape index (κ2) is 10.3. The second-order valence-electron chi connectivity index (χ2n) is 7.57. The summed E-state index contributed by atoms with van der Waals surface area (Å²) in [7, 11) is 0. The zero-order valence-corrected chi connectivity index (χ0v) is 18.0. The van der Waals surface area contributed by atoms with Crippen molar-refractivity contribution in [3.05, 3.63) is 108 Å². The molecule has 0 aliphatic carbocycles. The molecule has 0 unspecified atom stereocenters. The van der Waals surface area contributed by atoms with Crippen LogP contribution in [0, 0.1) is 0 Å². The number of ether oxygens (including phenoxy) is 1. The molecule has 0 atom stereocenters. The third-order valence-corrected chi connectivity index (χ3v) is 5.24. The number of benzene rings is 4. The van der Waals surface area contributed by atoms with Gasteiger partial charge in [-0.2, -0.15) is 0 Å². The number of hydrogen-bond donors (Lipinski definition) is 3. The Hall–Kier alpha value is -4.32. The van der Waals surface area contributed by atoms with E-state index in [1.165, 1.54) is 6.07 Å². The number of fused-ring (bicyclic) bond motifs is 1. The molecule has 6 nitrogen and oxygen atoms in total. The Morgan fingerprint density at radius 2 is 1.58 bits per heavy atom. The monoisotopic (exact) mass is 440 g/mol. The summed E-state index contributed by atoms with van der Waals surface area (Å²) in [6, 6.07) is 27.7. The fraction of sp³-hybridized carbons (Fsp3) is 0.111. The van der Waals surface area contributed by atoms with Crippen LogP contribution in [0.1, 0.15) is 21.5 Å². The fourth-order valence-electron chi connectivity index (χ4n) is 3.53. The van der Waals surface area contributed by atoms with Gasteiger partial charge in [0.25, 0.3) is 5.91 Å². The molecule has 0 spiro atoms. The van der Waals surface area contributed by atoms with E-state index in [0.29, 0.717) is 18.7 Å². The first-order valence-corrected chi connectivity index (χ1v) is 10.7. The largest absolute Gasteiger partial charge is 0.507 e. The first-order valence-electron chi connectivity index (χ1n) is 10.7. The van der Waals surface area contributed by atoms with Crippen molar-refractivity contribution < 1.29 is 19.4 Å². The van der Waals surface area contributed by atoms with Crippen molar-refractivity contribution in [2.75, 3.05) is 11.9 Å². The minimum Gasteiger partial charge on any atom is -0.507 e. The molecule has 0 heterocycles. The Kier molecular flexibility index (Phi) is 6.85. The number of phenolic OH excluding ortho intramolecular Hbond substituents is 1. The number of aromatic hydroxyl groups is 1. The number of alkyl carbamates (subject to hydrolysis) is 1. The molecule has 3 N–H and O–H groups in total. The number of rotatable bonds is 7. The van der Waals surface area contributed by atoms with E-state index in [4.69, 9.17) is 4.74 Å². The number of hydrogen-bond acceptors (Lipinski definition) is 4. The molecule has 0 radical (unpaired) electrons. The molecule has 0 saturated carbocycles. The lowest BCUT2D eigenvalue weighted by atomic mass is 10.1. The van der Waals surface area contributed by atoms with Crippen LogP contribution in [-0.4, -0.2) is 23.7 Å². The minimum absolute atomic E-state index is 0.105. The van der Waals surface area contributed by atoms with Gasteiger partial charge in [0, 0.05) is 17.6 Å². The maximum absolute atomic E-state index is 12.9. The Morgan fingerprint density at radius 1 is 0.818 bits per heavy atom. The number of carbonyl (C=O) groups is 2. The van der Waals surface area contributed by atoms with Crippen LogP contribution in [0.4, 0.5) is 10.5 Å². The first-order chi connectivity index (χ1) is 16.1. The lowest BCUT2D eigenvalue weighted by molar-refractivity contribution is 0.102. The number of phenols is 1. The number of nitrogens with one attached hydrogen (secondary N) is 2. The average molecular weight is 440 g/mol. The van der Waals surface area contributed by atoms with E-state index in [1.807, 2.05) is 72.8 Å². The summed E-state index contributed by atoms with van der Waals surface area (Å²) in [5.41, 5.74) is 2.56. The maximum atomic E-state index is 12.9. The van der Waals surface area contributed by atoms with E-state index in [9.17, 15) is 14.7 Å². The molecule has 0 fully saturated rings. The number of carbonyl (C=O) groups excluding carboxylic acids is 2. The van der Waals surface area contributed by atoms with Gasteiger partial charge in [-0.1, -0.05) is 72.8 Å². The van der Waals surface area contributed by atoms with Crippen LogP contribution in [0.15, 0.2) is 91.0 Å². The van der Waals surface area contributed by atoms with Gasteiger partial charge in [-0.05, 0) is 41.1 Å². The van der Waals surface area contributed by atoms with Gasteiger partial charge in [0.15, 0.2) is 0 Å². The first kappa shape index (κ1) is 21.9. The van der Waals surface area contributed by atoms with Crippen LogP contribution in [0.2, 0.25) is 0 Å². The van der Waals surface area contributed by atoms with Gasteiger partial charge in [-0.3, -0.25) is 4.79 Å². The van der Waals surface area contributed by atoms with Gasteiger partial charge in [-0.25, -0.2) is 4.79 Å². The van der Waals surface area contributed by atoms with Gasteiger partial charge in [0.1, 0.15) is 12.4 Å². The Morgan fingerprint density at radius 3 is 2.42 bits per heavy atom. The molecule has 0 bridgehead atoms. The molecule has 2 amide bonds. The van der Waals surface area contributed by atoms with Gasteiger partial charge >= 0.3 is 6.09 Å². The highest BCUT2D eigenvalue weighted by molar-refractivity contribution is 6.10. The highest BCUT2D eigenvalue weighted by Gasteiger charge is 2.14. The van der Waals surface area contributed by atoms with Crippen molar-refractivity contribution in [3.8, 4) is 5.75 Å². The van der Waals surface area contributed by atoms with E-state index < -0.39 is 12.0 Å². The van der Waals surface area contributed by atoms with Gasteiger partial charge in [0.2, 0.25) is 0 Å². The lowest BCUT2D eigenvalue weighted by Gasteiger charge is -2.11. The predicted octanol–water partition coefficient (Wildman–Crippen LogP) is 5.27. The summed E-state index contributed by atoms with van der Waals surface area (Å²) < 4.78 is 5.19. The molecule has 4 rings (SSSR count). The van der Waals surface area contributed by atoms with Crippen molar-refractivity contribution in [2.45, 2.75) is 13.0 Å². The summed E-state index contributed by atoms with van der Waals surface area (Å²) >= 11 is 0. The molecule has 166 valence electrons. The predicted molar refractivity (Wildman–Crippen MR) is 128 cm³/mol. The lowest BCUT2D eigenvalue weighted by Crippen LogP contribution is -2.26. The van der Waals surface area contributed by atoms with Crippen LogP contribution >= 0.6 is 0 Å². The van der Waals surface area contributed by atoms with Crippen molar-refractivity contribution >= 4 is 28.5 Å². The third-order valence-electron chi connectivity index (χ3n) is 5.24. The SMILES string of the molecule is O=C(NCCc1ccc(O)c(C(=O)Nc2cccc3ccccc23)c1)OCc1ccccc1. The van der Waals surface area contributed by atoms with Crippen LogP contribution in [0.25, 0.3) is 10.8 Å². The van der Waals surface area contributed by atoms with Crippen LogP contribution in [0.3, 0.4) is 0 Å². The fourth-order valence-corrected chi connectivity index (χ4v) is 3.53. The molecule has 0 saturated heterocycles. The molecular weight excluding hydrogens is 416 g/mol. The van der Waals surface area contributed by atoms with Crippen molar-refractivity contribution in [1.29, 1.82) is 0 Å². The van der Waals surface area contributed by atoms with E-state index in [-0.39, 0.29) is 17.9 Å². The maximum Gasteiger partial charge on any atom is 0.407 e. The van der Waals surface area contributed by atoms with Gasteiger partial charge in [-0.15, -0.1) is 0 Å². The average Bonchev–Trinajstić information content (AvgIpc) is 2.84. The minimum atomic E-state index is -0.508. The molecule has 4 aromatic carbocycles. The highest BCUT2D eigenvalue weighted by atomic mass is 16.5. The van der Waals surface area contributed by atoms with Crippen LogP contribution in [0.5, 0.6) is 5.75 Å². The quantitative estimate of drug-likeness (QED) is 0.365. The summed E-state index contributed by atoms with van der Waals surface area (Å²) in [6.45, 7) is 0.535. The molecule has 33 heavy (non-hydrogen) atoms. The second-order valence-corrected chi connectivity index (χ2v) is 7.57. The molecule has 0 aliphatic rings. The summed E-state index contributed by atoms with van der Waals surface area (Å²) in [6.07, 6.45) is -0.0264. The van der Waals surface area contributed by atoms with E-state index in [0.717, 1.165) is 21.9 Å². The number of amides is 2. The van der Waals surface area contributed by atoms with Gasteiger partial charge in [0.05, 0.1) is 5.56 Å². The summed E-state index contributed by atoms with van der Waals surface area (Å²) in [5.74, 6) is -0.507. The molecule has 6 heteroatoms. The van der Waals surface area contributed by atoms with Crippen molar-refractivity contribution in [3.63, 3.8) is 0 Å². The van der Waals surface area contributed by atoms with E-state index >= 15 is 0 Å². The number of anilines is 1. The zero-order valence-electron chi connectivity index (χ0n) is 18.0. The van der Waals surface area contributed by atoms with Crippen molar-refractivity contribution in [1.82, 2.24) is 5.32 Å². The third kappa shape index (κ3) is 5.68. The standard InChI is InChI=1S/C27H24N2O4/c30-25-14-13-19(15-16-28-27(32)33-18-20-7-2-1-3-8-20)17-23(25)26(31)29-24-12-6-10-21-9-4-5-11-22(21)24/h1-14,17,30H,15-16,18H2,(H,28,32)(H,29,31). The van der Waals surface area contributed by atoms with Crippen LogP contribution < -0.4 is 10.6 Å². The normalized spacial score (nSPS) is 10.5. The topological polar surface area (TPSA) is 87.7 Å². The van der Waals surface area contributed by atoms with Crippen LogP contribution in [-0.2, 0) is 17.8 Å². The zero-order chi connectivity index (χ0) is 23.0. The summed E-state index contributed by atoms with van der Waals surface area (Å²) in [5, 5.41) is 17.8. The smallest absolute Gasteiger partial charge is 0.407 e. The Balaban J connectivity index is 1.35. The van der Waals surface area contributed by atoms with E-state index in [1.54, 1.807) is 12.1 Å².